The third-order valence-electron chi connectivity index (χ3n) is 5.20. The van der Waals surface area contributed by atoms with Crippen LogP contribution >= 0.6 is 0 Å². The molecule has 0 aromatic heterocycles. The molecule has 1 saturated heterocycles. The maximum Gasteiger partial charge on any atom is 0.113 e. The summed E-state index contributed by atoms with van der Waals surface area (Å²) in [5.74, 6) is 0. The molecule has 0 radical (unpaired) electrons. The van der Waals surface area contributed by atoms with Crippen LogP contribution in [-0.4, -0.2) is 23.1 Å². The normalized spacial score (nSPS) is 23.6. The highest BCUT2D eigenvalue weighted by molar-refractivity contribution is 5.85. The molecule has 2 heteroatoms. The van der Waals surface area contributed by atoms with Gasteiger partial charge in [-0.2, -0.15) is 0 Å². The third-order valence-corrected chi connectivity index (χ3v) is 5.20. The number of aliphatic hydroxyl groups is 1. The number of benzene rings is 2. The second kappa shape index (κ2) is 5.54. The number of piperidine rings is 1. The van der Waals surface area contributed by atoms with E-state index in [9.17, 15) is 5.11 Å². The van der Waals surface area contributed by atoms with Crippen LogP contribution in [0.3, 0.4) is 0 Å². The Morgan fingerprint density at radius 2 is 1.52 bits per heavy atom. The lowest BCUT2D eigenvalue weighted by Crippen LogP contribution is -2.29. The Balaban J connectivity index is 1.96. The number of nitrogens with zero attached hydrogens (tertiary/aromatic N) is 1. The predicted molar refractivity (Wildman–Crippen MR) is 94.9 cm³/mol. The smallest absolute Gasteiger partial charge is 0.113 e. The Hall–Kier alpha value is -2.06. The number of likely N-dealkylation sites (tertiary alicyclic amines) is 1. The van der Waals surface area contributed by atoms with Crippen molar-refractivity contribution >= 4 is 11.8 Å². The average molecular weight is 305 g/mol. The summed E-state index contributed by atoms with van der Waals surface area (Å²) in [5, 5.41) is 11.3. The van der Waals surface area contributed by atoms with Crippen LogP contribution in [0.1, 0.15) is 48.4 Å². The van der Waals surface area contributed by atoms with E-state index in [4.69, 9.17) is 0 Å². The van der Waals surface area contributed by atoms with Crippen LogP contribution in [0.4, 0.5) is 0 Å². The van der Waals surface area contributed by atoms with Gasteiger partial charge in [0.1, 0.15) is 5.60 Å². The molecule has 23 heavy (non-hydrogen) atoms. The van der Waals surface area contributed by atoms with E-state index in [1.165, 1.54) is 25.0 Å². The van der Waals surface area contributed by atoms with Crippen molar-refractivity contribution in [1.82, 2.24) is 4.90 Å². The lowest BCUT2D eigenvalue weighted by Gasteiger charge is -2.33. The van der Waals surface area contributed by atoms with Gasteiger partial charge in [0.2, 0.25) is 0 Å². The zero-order valence-corrected chi connectivity index (χ0v) is 13.6. The minimum absolute atomic E-state index is 0.971. The first-order valence-electron chi connectivity index (χ1n) is 8.56. The Bertz CT molecular complexity index is 754. The van der Waals surface area contributed by atoms with E-state index in [0.717, 1.165) is 35.3 Å². The van der Waals surface area contributed by atoms with Gasteiger partial charge in [0, 0.05) is 24.4 Å². The zero-order chi connectivity index (χ0) is 15.9. The van der Waals surface area contributed by atoms with Crippen LogP contribution < -0.4 is 0 Å². The molecule has 118 valence electrons. The molecule has 2 aromatic rings. The molecule has 1 aliphatic heterocycles. The summed E-state index contributed by atoms with van der Waals surface area (Å²) >= 11 is 0. The van der Waals surface area contributed by atoms with Crippen molar-refractivity contribution in [3.63, 3.8) is 0 Å². The Morgan fingerprint density at radius 3 is 2.30 bits per heavy atom. The van der Waals surface area contributed by atoms with E-state index >= 15 is 0 Å². The van der Waals surface area contributed by atoms with Crippen molar-refractivity contribution < 1.29 is 5.11 Å². The molecule has 1 aliphatic carbocycles. The molecule has 4 rings (SSSR count). The molecular formula is C21H23NO. The SMILES string of the molecule is CC1(O)c2ccccc2C=C(N2CCCCC2)c2ccccc21. The van der Waals surface area contributed by atoms with Crippen LogP contribution in [0.5, 0.6) is 0 Å². The molecule has 1 N–H and O–H groups in total. The largest absolute Gasteiger partial charge is 0.381 e. The molecule has 0 bridgehead atoms. The minimum atomic E-state index is -0.971. The fourth-order valence-corrected chi connectivity index (χ4v) is 3.96. The summed E-state index contributed by atoms with van der Waals surface area (Å²) in [6, 6.07) is 16.5. The highest BCUT2D eigenvalue weighted by Gasteiger charge is 2.34. The van der Waals surface area contributed by atoms with Crippen molar-refractivity contribution in [2.75, 3.05) is 13.1 Å². The number of hydrogen-bond acceptors (Lipinski definition) is 2. The van der Waals surface area contributed by atoms with Crippen LogP contribution in [0, 0.1) is 0 Å². The molecule has 2 aliphatic rings. The third kappa shape index (κ3) is 2.38. The van der Waals surface area contributed by atoms with E-state index < -0.39 is 5.60 Å². The Morgan fingerprint density at radius 1 is 0.870 bits per heavy atom. The van der Waals surface area contributed by atoms with Gasteiger partial charge >= 0.3 is 0 Å². The lowest BCUT2D eigenvalue weighted by atomic mass is 9.84. The summed E-state index contributed by atoms with van der Waals surface area (Å²) in [6.45, 7) is 4.12. The van der Waals surface area contributed by atoms with Crippen LogP contribution in [-0.2, 0) is 5.60 Å². The van der Waals surface area contributed by atoms with Crippen molar-refractivity contribution in [2.45, 2.75) is 31.8 Å². The second-order valence-corrected chi connectivity index (χ2v) is 6.78. The summed E-state index contributed by atoms with van der Waals surface area (Å²) in [5.41, 5.74) is 4.55. The Kier molecular flexibility index (Phi) is 3.50. The van der Waals surface area contributed by atoms with E-state index in [1.807, 2.05) is 25.1 Å². The minimum Gasteiger partial charge on any atom is -0.381 e. The van der Waals surface area contributed by atoms with Gasteiger partial charge < -0.3 is 10.0 Å². The van der Waals surface area contributed by atoms with Gasteiger partial charge in [-0.25, -0.2) is 0 Å². The van der Waals surface area contributed by atoms with Gasteiger partial charge in [-0.05, 0) is 49.0 Å². The molecule has 1 atom stereocenters. The average Bonchev–Trinajstić information content (AvgIpc) is 2.70. The highest BCUT2D eigenvalue weighted by atomic mass is 16.3. The van der Waals surface area contributed by atoms with Crippen LogP contribution in [0.25, 0.3) is 11.8 Å². The lowest BCUT2D eigenvalue weighted by molar-refractivity contribution is 0.102. The zero-order valence-electron chi connectivity index (χ0n) is 13.6. The first-order valence-corrected chi connectivity index (χ1v) is 8.56. The molecule has 0 amide bonds. The van der Waals surface area contributed by atoms with E-state index in [2.05, 4.69) is 41.3 Å². The van der Waals surface area contributed by atoms with Gasteiger partial charge in [0.25, 0.3) is 0 Å². The fraction of sp³-hybridized carbons (Fsp3) is 0.333. The molecule has 2 nitrogen and oxygen atoms in total. The van der Waals surface area contributed by atoms with E-state index in [0.29, 0.717) is 0 Å². The van der Waals surface area contributed by atoms with Gasteiger partial charge in [0.15, 0.2) is 0 Å². The maximum atomic E-state index is 11.3. The second-order valence-electron chi connectivity index (χ2n) is 6.78. The molecule has 1 heterocycles. The monoisotopic (exact) mass is 305 g/mol. The summed E-state index contributed by atoms with van der Waals surface area (Å²) in [7, 11) is 0. The molecule has 1 fully saturated rings. The fourth-order valence-electron chi connectivity index (χ4n) is 3.96. The quantitative estimate of drug-likeness (QED) is 0.852. The van der Waals surface area contributed by atoms with Crippen LogP contribution in [0.2, 0.25) is 0 Å². The van der Waals surface area contributed by atoms with E-state index in [1.54, 1.807) is 0 Å². The summed E-state index contributed by atoms with van der Waals surface area (Å²) < 4.78 is 0. The van der Waals surface area contributed by atoms with Gasteiger partial charge in [0.05, 0.1) is 0 Å². The predicted octanol–water partition coefficient (Wildman–Crippen LogP) is 4.24. The summed E-state index contributed by atoms with van der Waals surface area (Å²) in [6.07, 6.45) is 6.08. The molecule has 0 saturated carbocycles. The first kappa shape index (κ1) is 14.5. The van der Waals surface area contributed by atoms with Crippen molar-refractivity contribution in [3.8, 4) is 0 Å². The van der Waals surface area contributed by atoms with Crippen molar-refractivity contribution in [1.29, 1.82) is 0 Å². The number of fused-ring (bicyclic) bond motifs is 2. The maximum absolute atomic E-state index is 11.3. The van der Waals surface area contributed by atoms with E-state index in [-0.39, 0.29) is 0 Å². The van der Waals surface area contributed by atoms with Gasteiger partial charge in [-0.15, -0.1) is 0 Å². The number of rotatable bonds is 1. The van der Waals surface area contributed by atoms with Gasteiger partial charge in [-0.3, -0.25) is 0 Å². The molecular weight excluding hydrogens is 282 g/mol. The molecule has 2 aromatic carbocycles. The highest BCUT2D eigenvalue weighted by Crippen LogP contribution is 2.41. The topological polar surface area (TPSA) is 23.5 Å². The standard InChI is InChI=1S/C21H23NO/c1-21(23)18-11-5-3-9-16(18)15-20(22-13-7-2-8-14-22)17-10-4-6-12-19(17)21/h3-6,9-12,15,23H,2,7-8,13-14H2,1H3. The number of hydrogen-bond donors (Lipinski definition) is 1. The van der Waals surface area contributed by atoms with Crippen molar-refractivity contribution in [3.05, 3.63) is 70.8 Å². The molecule has 1 unspecified atom stereocenters. The van der Waals surface area contributed by atoms with Crippen molar-refractivity contribution in [2.24, 2.45) is 0 Å². The first-order chi connectivity index (χ1) is 11.2. The Labute approximate surface area is 138 Å². The van der Waals surface area contributed by atoms with Gasteiger partial charge in [-0.1, -0.05) is 48.5 Å². The summed E-state index contributed by atoms with van der Waals surface area (Å²) in [4.78, 5) is 2.49. The van der Waals surface area contributed by atoms with Crippen LogP contribution in [0.15, 0.2) is 48.5 Å². The molecule has 0 spiro atoms.